The van der Waals surface area contributed by atoms with Crippen LogP contribution in [0.1, 0.15) is 54.1 Å². The summed E-state index contributed by atoms with van der Waals surface area (Å²) in [5.74, 6) is -0.497. The monoisotopic (exact) mass is 350 g/mol. The molecule has 0 unspecified atom stereocenters. The summed E-state index contributed by atoms with van der Waals surface area (Å²) in [6.45, 7) is 5.03. The molecule has 130 valence electrons. The van der Waals surface area contributed by atoms with Crippen LogP contribution in [-0.2, 0) is 6.18 Å². The maximum Gasteiger partial charge on any atom is 0.416 e. The number of carbonyl (C=O) groups excluding carboxylic acids is 1. The molecule has 1 heterocycles. The summed E-state index contributed by atoms with van der Waals surface area (Å²) in [5, 5.41) is 5.86. The minimum Gasteiger partial charge on any atom is -0.350 e. The number of halogens is 4. The van der Waals surface area contributed by atoms with E-state index >= 15 is 0 Å². The van der Waals surface area contributed by atoms with Gasteiger partial charge in [-0.05, 0) is 69.5 Å². The normalized spacial score (nSPS) is 16.1. The number of hydrogen-bond acceptors (Lipinski definition) is 2. The van der Waals surface area contributed by atoms with Crippen molar-refractivity contribution in [3.05, 3.63) is 34.9 Å². The fraction of sp³-hybridized carbons (Fsp3) is 0.562. The number of alkyl halides is 3. The lowest BCUT2D eigenvalue weighted by atomic mass is 9.85. The molecule has 0 spiro atoms. The summed E-state index contributed by atoms with van der Waals surface area (Å²) >= 11 is 0. The van der Waals surface area contributed by atoms with Gasteiger partial charge in [-0.25, -0.2) is 0 Å². The highest BCUT2D eigenvalue weighted by Crippen LogP contribution is 2.38. The number of amides is 1. The SMILES string of the molecule is CC(C)NC(=O)c1ccc(C(F)(F)F)c(C2CCNCC2)c1.Cl. The highest BCUT2D eigenvalue weighted by atomic mass is 35.5. The summed E-state index contributed by atoms with van der Waals surface area (Å²) in [6, 6.07) is 3.64. The predicted octanol–water partition coefficient (Wildman–Crippen LogP) is 3.73. The highest BCUT2D eigenvalue weighted by Gasteiger charge is 2.35. The van der Waals surface area contributed by atoms with Crippen molar-refractivity contribution in [3.63, 3.8) is 0 Å². The highest BCUT2D eigenvalue weighted by molar-refractivity contribution is 5.94. The maximum absolute atomic E-state index is 13.2. The summed E-state index contributed by atoms with van der Waals surface area (Å²) in [6.07, 6.45) is -3.09. The van der Waals surface area contributed by atoms with Gasteiger partial charge < -0.3 is 10.6 Å². The van der Waals surface area contributed by atoms with Gasteiger partial charge in [-0.15, -0.1) is 12.4 Å². The number of piperidine rings is 1. The van der Waals surface area contributed by atoms with E-state index < -0.39 is 11.7 Å². The van der Waals surface area contributed by atoms with Gasteiger partial charge in [-0.2, -0.15) is 13.2 Å². The standard InChI is InChI=1S/C16H21F3N2O.ClH/c1-10(2)21-15(22)12-3-4-14(16(17,18)19)13(9-12)11-5-7-20-8-6-11;/h3-4,9-11,20H,5-8H2,1-2H3,(H,21,22);1H. The van der Waals surface area contributed by atoms with E-state index in [1.807, 2.05) is 13.8 Å². The molecule has 0 aliphatic carbocycles. The van der Waals surface area contributed by atoms with Gasteiger partial charge in [-0.1, -0.05) is 0 Å². The first kappa shape index (κ1) is 19.8. The Balaban J connectivity index is 0.00000264. The molecule has 0 bridgehead atoms. The van der Waals surface area contributed by atoms with Crippen molar-refractivity contribution in [3.8, 4) is 0 Å². The van der Waals surface area contributed by atoms with Gasteiger partial charge >= 0.3 is 6.18 Å². The van der Waals surface area contributed by atoms with E-state index in [2.05, 4.69) is 10.6 Å². The van der Waals surface area contributed by atoms with Gasteiger partial charge in [0.05, 0.1) is 5.56 Å². The Morgan fingerprint density at radius 2 is 1.87 bits per heavy atom. The van der Waals surface area contributed by atoms with E-state index in [0.717, 1.165) is 6.07 Å². The summed E-state index contributed by atoms with van der Waals surface area (Å²) < 4.78 is 39.7. The zero-order valence-electron chi connectivity index (χ0n) is 13.2. The van der Waals surface area contributed by atoms with Gasteiger partial charge in [0.25, 0.3) is 5.91 Å². The summed E-state index contributed by atoms with van der Waals surface area (Å²) in [4.78, 5) is 12.0. The van der Waals surface area contributed by atoms with Crippen LogP contribution in [0.3, 0.4) is 0 Å². The fourth-order valence-electron chi connectivity index (χ4n) is 2.78. The van der Waals surface area contributed by atoms with Crippen LogP contribution in [-0.4, -0.2) is 25.0 Å². The van der Waals surface area contributed by atoms with Crippen molar-refractivity contribution in [2.75, 3.05) is 13.1 Å². The number of benzene rings is 1. The van der Waals surface area contributed by atoms with Gasteiger partial charge in [-0.3, -0.25) is 4.79 Å². The van der Waals surface area contributed by atoms with Crippen LogP contribution in [0, 0.1) is 0 Å². The Bertz CT molecular complexity index is 541. The molecule has 1 fully saturated rings. The third kappa shape index (κ3) is 5.11. The molecule has 1 aromatic carbocycles. The van der Waals surface area contributed by atoms with Crippen molar-refractivity contribution < 1.29 is 18.0 Å². The van der Waals surface area contributed by atoms with E-state index in [-0.39, 0.29) is 41.4 Å². The minimum absolute atomic E-state index is 0. The second kappa shape index (κ2) is 8.02. The van der Waals surface area contributed by atoms with Crippen molar-refractivity contribution in [1.82, 2.24) is 10.6 Å². The van der Waals surface area contributed by atoms with E-state index in [0.29, 0.717) is 25.9 Å². The van der Waals surface area contributed by atoms with Crippen molar-refractivity contribution in [2.45, 2.75) is 44.8 Å². The quantitative estimate of drug-likeness (QED) is 0.872. The van der Waals surface area contributed by atoms with E-state index in [9.17, 15) is 18.0 Å². The van der Waals surface area contributed by atoms with Gasteiger partial charge in [0.1, 0.15) is 0 Å². The van der Waals surface area contributed by atoms with Gasteiger partial charge in [0, 0.05) is 11.6 Å². The molecule has 2 N–H and O–H groups in total. The lowest BCUT2D eigenvalue weighted by molar-refractivity contribution is -0.138. The van der Waals surface area contributed by atoms with E-state index in [1.165, 1.54) is 12.1 Å². The average Bonchev–Trinajstić information content (AvgIpc) is 2.46. The Morgan fingerprint density at radius 1 is 1.26 bits per heavy atom. The molecule has 0 radical (unpaired) electrons. The molecule has 1 amide bonds. The van der Waals surface area contributed by atoms with Crippen LogP contribution in [0.4, 0.5) is 13.2 Å². The lowest BCUT2D eigenvalue weighted by Gasteiger charge is -2.26. The molecule has 1 aromatic rings. The Morgan fingerprint density at radius 3 is 2.39 bits per heavy atom. The molecular weight excluding hydrogens is 329 g/mol. The molecule has 2 rings (SSSR count). The molecule has 0 aromatic heterocycles. The Hall–Kier alpha value is -1.27. The zero-order valence-corrected chi connectivity index (χ0v) is 14.0. The van der Waals surface area contributed by atoms with Crippen LogP contribution >= 0.6 is 12.4 Å². The Labute approximate surface area is 140 Å². The smallest absolute Gasteiger partial charge is 0.350 e. The second-order valence-corrected chi connectivity index (χ2v) is 5.95. The molecule has 7 heteroatoms. The summed E-state index contributed by atoms with van der Waals surface area (Å²) in [5.41, 5.74) is -0.0962. The van der Waals surface area contributed by atoms with Crippen LogP contribution in [0.25, 0.3) is 0 Å². The van der Waals surface area contributed by atoms with Crippen LogP contribution in [0.2, 0.25) is 0 Å². The first-order chi connectivity index (χ1) is 10.3. The molecular formula is C16H22ClF3N2O. The van der Waals surface area contributed by atoms with Crippen molar-refractivity contribution >= 4 is 18.3 Å². The number of hydrogen-bond donors (Lipinski definition) is 2. The molecule has 0 saturated carbocycles. The first-order valence-electron chi connectivity index (χ1n) is 7.51. The lowest BCUT2D eigenvalue weighted by Crippen LogP contribution is -2.31. The average molecular weight is 351 g/mol. The molecule has 3 nitrogen and oxygen atoms in total. The Kier molecular flexibility index (Phi) is 6.89. The zero-order chi connectivity index (χ0) is 16.3. The largest absolute Gasteiger partial charge is 0.416 e. The van der Waals surface area contributed by atoms with Gasteiger partial charge in [0.15, 0.2) is 0 Å². The van der Waals surface area contributed by atoms with Crippen LogP contribution in [0.15, 0.2) is 18.2 Å². The van der Waals surface area contributed by atoms with Gasteiger partial charge in [0.2, 0.25) is 0 Å². The first-order valence-corrected chi connectivity index (χ1v) is 7.51. The van der Waals surface area contributed by atoms with Crippen molar-refractivity contribution in [1.29, 1.82) is 0 Å². The molecule has 23 heavy (non-hydrogen) atoms. The fourth-order valence-corrected chi connectivity index (χ4v) is 2.78. The number of rotatable bonds is 3. The topological polar surface area (TPSA) is 41.1 Å². The summed E-state index contributed by atoms with van der Waals surface area (Å²) in [7, 11) is 0. The number of nitrogens with one attached hydrogen (secondary N) is 2. The molecule has 1 aliphatic rings. The van der Waals surface area contributed by atoms with Crippen molar-refractivity contribution in [2.24, 2.45) is 0 Å². The predicted molar refractivity (Wildman–Crippen MR) is 86.1 cm³/mol. The third-order valence-electron chi connectivity index (χ3n) is 3.82. The third-order valence-corrected chi connectivity index (χ3v) is 3.82. The van der Waals surface area contributed by atoms with E-state index in [1.54, 1.807) is 0 Å². The maximum atomic E-state index is 13.2. The van der Waals surface area contributed by atoms with Crippen LogP contribution < -0.4 is 10.6 Å². The van der Waals surface area contributed by atoms with Crippen LogP contribution in [0.5, 0.6) is 0 Å². The minimum atomic E-state index is -4.40. The molecule has 1 aliphatic heterocycles. The molecule has 1 saturated heterocycles. The molecule has 0 atom stereocenters. The van der Waals surface area contributed by atoms with E-state index in [4.69, 9.17) is 0 Å². The number of carbonyl (C=O) groups is 1. The second-order valence-electron chi connectivity index (χ2n) is 5.95.